The highest BCUT2D eigenvalue weighted by Crippen LogP contribution is 2.15. The third-order valence-electron chi connectivity index (χ3n) is 4.10. The zero-order valence-electron chi connectivity index (χ0n) is 12.9. The van der Waals surface area contributed by atoms with Crippen LogP contribution in [0.1, 0.15) is 19.4 Å². The summed E-state index contributed by atoms with van der Waals surface area (Å²) in [5.74, 6) is 0.339. The maximum absolute atomic E-state index is 12.4. The van der Waals surface area contributed by atoms with Gasteiger partial charge in [0.2, 0.25) is 5.91 Å². The number of aromatic hydroxyl groups is 1. The summed E-state index contributed by atoms with van der Waals surface area (Å²) in [6, 6.07) is 7.09. The van der Waals surface area contributed by atoms with Crippen LogP contribution < -0.4 is 10.6 Å². The van der Waals surface area contributed by atoms with Crippen molar-refractivity contribution in [3.8, 4) is 5.75 Å². The van der Waals surface area contributed by atoms with E-state index in [-0.39, 0.29) is 11.7 Å². The zero-order valence-corrected chi connectivity index (χ0v) is 12.9. The van der Waals surface area contributed by atoms with Gasteiger partial charge in [0.05, 0.1) is 5.54 Å². The molecule has 0 aromatic heterocycles. The van der Waals surface area contributed by atoms with Crippen molar-refractivity contribution in [2.45, 2.75) is 25.8 Å². The molecule has 0 aliphatic carbocycles. The highest BCUT2D eigenvalue weighted by atomic mass is 16.3. The van der Waals surface area contributed by atoms with Crippen LogP contribution in [0.2, 0.25) is 0 Å². The fourth-order valence-electron chi connectivity index (χ4n) is 2.57. The molecule has 1 aliphatic heterocycles. The molecule has 0 saturated carbocycles. The van der Waals surface area contributed by atoms with Crippen molar-refractivity contribution >= 4 is 5.91 Å². The summed E-state index contributed by atoms with van der Waals surface area (Å²) in [6.07, 6.45) is 0.768. The van der Waals surface area contributed by atoms with E-state index in [0.29, 0.717) is 6.54 Å². The molecule has 21 heavy (non-hydrogen) atoms. The van der Waals surface area contributed by atoms with Crippen LogP contribution in [0.15, 0.2) is 24.3 Å². The molecule has 1 saturated heterocycles. The van der Waals surface area contributed by atoms with Crippen molar-refractivity contribution in [2.75, 3.05) is 32.7 Å². The molecule has 0 bridgehead atoms. The van der Waals surface area contributed by atoms with Gasteiger partial charge in [0.25, 0.3) is 0 Å². The minimum atomic E-state index is -0.475. The van der Waals surface area contributed by atoms with Crippen LogP contribution in [0, 0.1) is 0 Å². The van der Waals surface area contributed by atoms with Gasteiger partial charge in [-0.25, -0.2) is 0 Å². The monoisotopic (exact) mass is 291 g/mol. The average Bonchev–Trinajstić information content (AvgIpc) is 2.50. The molecule has 3 N–H and O–H groups in total. The SMILES string of the molecule is CC(C)(C(=O)NCCc1ccc(O)cc1)N1CCNCC1. The van der Waals surface area contributed by atoms with E-state index in [1.54, 1.807) is 12.1 Å². The van der Waals surface area contributed by atoms with Crippen LogP contribution in [0.4, 0.5) is 0 Å². The van der Waals surface area contributed by atoms with Crippen molar-refractivity contribution in [2.24, 2.45) is 0 Å². The van der Waals surface area contributed by atoms with Gasteiger partial charge in [-0.2, -0.15) is 0 Å². The molecule has 1 heterocycles. The lowest BCUT2D eigenvalue weighted by Gasteiger charge is -2.39. The Balaban J connectivity index is 1.81. The first-order valence-corrected chi connectivity index (χ1v) is 7.52. The number of benzene rings is 1. The second kappa shape index (κ2) is 6.91. The highest BCUT2D eigenvalue weighted by Gasteiger charge is 2.34. The first kappa shape index (κ1) is 15.8. The molecule has 116 valence electrons. The maximum Gasteiger partial charge on any atom is 0.239 e. The molecule has 0 radical (unpaired) electrons. The molecule has 2 rings (SSSR count). The maximum atomic E-state index is 12.4. The van der Waals surface area contributed by atoms with E-state index < -0.39 is 5.54 Å². The van der Waals surface area contributed by atoms with Gasteiger partial charge < -0.3 is 15.7 Å². The largest absolute Gasteiger partial charge is 0.508 e. The third kappa shape index (κ3) is 4.19. The normalized spacial score (nSPS) is 16.7. The van der Waals surface area contributed by atoms with E-state index >= 15 is 0 Å². The summed E-state index contributed by atoms with van der Waals surface area (Å²) in [6.45, 7) is 8.24. The van der Waals surface area contributed by atoms with Crippen LogP contribution in [-0.4, -0.2) is 54.2 Å². The van der Waals surface area contributed by atoms with Gasteiger partial charge >= 0.3 is 0 Å². The zero-order chi connectivity index (χ0) is 15.3. The van der Waals surface area contributed by atoms with E-state index in [1.165, 1.54) is 0 Å². The van der Waals surface area contributed by atoms with E-state index in [1.807, 2.05) is 26.0 Å². The van der Waals surface area contributed by atoms with E-state index in [9.17, 15) is 9.90 Å². The lowest BCUT2D eigenvalue weighted by Crippen LogP contribution is -2.60. The summed E-state index contributed by atoms with van der Waals surface area (Å²) in [5, 5.41) is 15.6. The Labute approximate surface area is 126 Å². The Morgan fingerprint density at radius 2 is 1.90 bits per heavy atom. The standard InChI is InChI=1S/C16H25N3O2/c1-16(2,19-11-9-17-10-12-19)15(21)18-8-7-13-3-5-14(20)6-4-13/h3-6,17,20H,7-12H2,1-2H3,(H,18,21). The van der Waals surface area contributed by atoms with Gasteiger partial charge in [-0.05, 0) is 38.0 Å². The Hall–Kier alpha value is -1.59. The average molecular weight is 291 g/mol. The summed E-state index contributed by atoms with van der Waals surface area (Å²) in [5.41, 5.74) is 0.630. The molecular weight excluding hydrogens is 266 g/mol. The predicted molar refractivity (Wildman–Crippen MR) is 83.3 cm³/mol. The molecule has 0 spiro atoms. The molecule has 0 atom stereocenters. The molecule has 1 aromatic carbocycles. The van der Waals surface area contributed by atoms with Gasteiger partial charge in [-0.1, -0.05) is 12.1 Å². The fourth-order valence-corrected chi connectivity index (χ4v) is 2.57. The predicted octanol–water partition coefficient (Wildman–Crippen LogP) is 0.735. The van der Waals surface area contributed by atoms with Gasteiger partial charge in [0.15, 0.2) is 0 Å². The number of piperazine rings is 1. The Kier molecular flexibility index (Phi) is 5.20. The molecule has 1 amide bonds. The lowest BCUT2D eigenvalue weighted by molar-refractivity contribution is -0.132. The molecule has 1 aliphatic rings. The molecule has 5 nitrogen and oxygen atoms in total. The number of rotatable bonds is 5. The number of amides is 1. The smallest absolute Gasteiger partial charge is 0.239 e. The van der Waals surface area contributed by atoms with Gasteiger partial charge in [0, 0.05) is 32.7 Å². The summed E-state index contributed by atoms with van der Waals surface area (Å²) in [4.78, 5) is 14.6. The van der Waals surface area contributed by atoms with Crippen molar-refractivity contribution in [1.82, 2.24) is 15.5 Å². The van der Waals surface area contributed by atoms with Crippen LogP contribution in [0.25, 0.3) is 0 Å². The minimum absolute atomic E-state index is 0.0724. The highest BCUT2D eigenvalue weighted by molar-refractivity contribution is 5.85. The first-order chi connectivity index (χ1) is 10.00. The first-order valence-electron chi connectivity index (χ1n) is 7.52. The van der Waals surface area contributed by atoms with E-state index in [0.717, 1.165) is 38.2 Å². The second-order valence-electron chi connectivity index (χ2n) is 5.97. The Bertz CT molecular complexity index is 465. The summed E-state index contributed by atoms with van der Waals surface area (Å²) < 4.78 is 0. The van der Waals surface area contributed by atoms with Crippen LogP contribution in [0.3, 0.4) is 0 Å². The number of carbonyl (C=O) groups excluding carboxylic acids is 1. The van der Waals surface area contributed by atoms with Crippen molar-refractivity contribution < 1.29 is 9.90 Å². The van der Waals surface area contributed by atoms with Crippen LogP contribution >= 0.6 is 0 Å². The Morgan fingerprint density at radius 3 is 2.52 bits per heavy atom. The lowest BCUT2D eigenvalue weighted by atomic mass is 10.0. The quantitative estimate of drug-likeness (QED) is 0.748. The number of hydrogen-bond acceptors (Lipinski definition) is 4. The number of phenolic OH excluding ortho intramolecular Hbond substituents is 1. The number of nitrogens with zero attached hydrogens (tertiary/aromatic N) is 1. The van der Waals surface area contributed by atoms with E-state index in [2.05, 4.69) is 15.5 Å². The van der Waals surface area contributed by atoms with Crippen molar-refractivity contribution in [3.05, 3.63) is 29.8 Å². The molecule has 1 fully saturated rings. The topological polar surface area (TPSA) is 64.6 Å². The van der Waals surface area contributed by atoms with Crippen LogP contribution in [-0.2, 0) is 11.2 Å². The summed E-state index contributed by atoms with van der Waals surface area (Å²) >= 11 is 0. The van der Waals surface area contributed by atoms with Gasteiger partial charge in [-0.3, -0.25) is 9.69 Å². The van der Waals surface area contributed by atoms with Gasteiger partial charge in [-0.15, -0.1) is 0 Å². The second-order valence-corrected chi connectivity index (χ2v) is 5.97. The fraction of sp³-hybridized carbons (Fsp3) is 0.562. The molecule has 0 unspecified atom stereocenters. The van der Waals surface area contributed by atoms with Crippen molar-refractivity contribution in [3.63, 3.8) is 0 Å². The number of phenols is 1. The number of hydrogen-bond donors (Lipinski definition) is 3. The molecule has 5 heteroatoms. The Morgan fingerprint density at radius 1 is 1.29 bits per heavy atom. The molecular formula is C16H25N3O2. The van der Waals surface area contributed by atoms with Crippen molar-refractivity contribution in [1.29, 1.82) is 0 Å². The number of carbonyl (C=O) groups is 1. The minimum Gasteiger partial charge on any atom is -0.508 e. The van der Waals surface area contributed by atoms with Crippen LogP contribution in [0.5, 0.6) is 5.75 Å². The van der Waals surface area contributed by atoms with Gasteiger partial charge in [0.1, 0.15) is 5.75 Å². The third-order valence-corrected chi connectivity index (χ3v) is 4.10. The number of nitrogens with one attached hydrogen (secondary N) is 2. The summed E-state index contributed by atoms with van der Waals surface area (Å²) in [7, 11) is 0. The van der Waals surface area contributed by atoms with E-state index in [4.69, 9.17) is 0 Å². The molecule has 1 aromatic rings.